The summed E-state index contributed by atoms with van der Waals surface area (Å²) in [5.74, 6) is 1.43. The van der Waals surface area contributed by atoms with Gasteiger partial charge in [0, 0.05) is 5.02 Å². The fourth-order valence-corrected chi connectivity index (χ4v) is 1.68. The summed E-state index contributed by atoms with van der Waals surface area (Å²) < 4.78 is 11.0. The van der Waals surface area contributed by atoms with Crippen LogP contribution in [-0.2, 0) is 0 Å². The van der Waals surface area contributed by atoms with Crippen LogP contribution in [0.25, 0.3) is 0 Å². The molecule has 0 atom stereocenters. The largest absolute Gasteiger partial charge is 0.490 e. The standard InChI is InChI=1S/C15H12ClNO2/c16-13-2-1-3-15(10-13)19-9-8-18-14-6-4-12(11-17)5-7-14/h1-7,10H,8-9H2. The van der Waals surface area contributed by atoms with Gasteiger partial charge in [-0.05, 0) is 42.5 Å². The van der Waals surface area contributed by atoms with Crippen molar-refractivity contribution in [2.75, 3.05) is 13.2 Å². The van der Waals surface area contributed by atoms with Gasteiger partial charge < -0.3 is 9.47 Å². The smallest absolute Gasteiger partial charge is 0.122 e. The molecule has 0 saturated carbocycles. The van der Waals surface area contributed by atoms with E-state index in [1.54, 1.807) is 36.4 Å². The summed E-state index contributed by atoms with van der Waals surface area (Å²) in [6.07, 6.45) is 0. The molecule has 0 aliphatic carbocycles. The number of hydrogen-bond donors (Lipinski definition) is 0. The number of benzene rings is 2. The molecule has 0 aromatic heterocycles. The number of ether oxygens (including phenoxy) is 2. The highest BCUT2D eigenvalue weighted by molar-refractivity contribution is 6.30. The third-order valence-corrected chi connectivity index (χ3v) is 2.64. The molecule has 0 bridgehead atoms. The zero-order chi connectivity index (χ0) is 13.5. The monoisotopic (exact) mass is 273 g/mol. The number of nitriles is 1. The van der Waals surface area contributed by atoms with Gasteiger partial charge in [0.25, 0.3) is 0 Å². The lowest BCUT2D eigenvalue weighted by molar-refractivity contribution is 0.217. The molecule has 0 aliphatic heterocycles. The molecule has 19 heavy (non-hydrogen) atoms. The van der Waals surface area contributed by atoms with E-state index in [1.807, 2.05) is 12.1 Å². The number of hydrogen-bond acceptors (Lipinski definition) is 3. The molecule has 0 aliphatic rings. The van der Waals surface area contributed by atoms with Crippen molar-refractivity contribution in [3.63, 3.8) is 0 Å². The van der Waals surface area contributed by atoms with Crippen LogP contribution in [0.15, 0.2) is 48.5 Å². The molecular weight excluding hydrogens is 262 g/mol. The Bertz CT molecular complexity index is 575. The molecule has 4 heteroatoms. The van der Waals surface area contributed by atoms with Gasteiger partial charge in [-0.1, -0.05) is 17.7 Å². The Morgan fingerprint density at radius 2 is 1.63 bits per heavy atom. The van der Waals surface area contributed by atoms with Crippen LogP contribution in [0.3, 0.4) is 0 Å². The zero-order valence-corrected chi connectivity index (χ0v) is 10.9. The molecule has 0 amide bonds. The van der Waals surface area contributed by atoms with E-state index in [0.717, 1.165) is 5.75 Å². The van der Waals surface area contributed by atoms with Crippen molar-refractivity contribution >= 4 is 11.6 Å². The average molecular weight is 274 g/mol. The van der Waals surface area contributed by atoms with Crippen LogP contribution in [0.4, 0.5) is 0 Å². The molecule has 2 aromatic rings. The quantitative estimate of drug-likeness (QED) is 0.781. The SMILES string of the molecule is N#Cc1ccc(OCCOc2cccc(Cl)c2)cc1. The van der Waals surface area contributed by atoms with Gasteiger partial charge in [0.15, 0.2) is 0 Å². The Balaban J connectivity index is 1.76. The van der Waals surface area contributed by atoms with Crippen molar-refractivity contribution in [3.8, 4) is 17.6 Å². The van der Waals surface area contributed by atoms with E-state index in [9.17, 15) is 0 Å². The minimum Gasteiger partial charge on any atom is -0.490 e. The number of nitrogens with zero attached hydrogens (tertiary/aromatic N) is 1. The summed E-state index contributed by atoms with van der Waals surface area (Å²) in [6.45, 7) is 0.860. The summed E-state index contributed by atoms with van der Waals surface area (Å²) in [5.41, 5.74) is 0.613. The summed E-state index contributed by atoms with van der Waals surface area (Å²) in [4.78, 5) is 0. The molecule has 0 heterocycles. The minimum absolute atomic E-state index is 0.429. The lowest BCUT2D eigenvalue weighted by Gasteiger charge is -2.08. The Morgan fingerprint density at radius 3 is 2.26 bits per heavy atom. The van der Waals surface area contributed by atoms with E-state index in [-0.39, 0.29) is 0 Å². The maximum atomic E-state index is 8.67. The van der Waals surface area contributed by atoms with Crippen molar-refractivity contribution < 1.29 is 9.47 Å². The highest BCUT2D eigenvalue weighted by Crippen LogP contribution is 2.17. The van der Waals surface area contributed by atoms with Crippen LogP contribution >= 0.6 is 11.6 Å². The molecular formula is C15H12ClNO2. The van der Waals surface area contributed by atoms with Gasteiger partial charge >= 0.3 is 0 Å². The average Bonchev–Trinajstić information content (AvgIpc) is 2.44. The van der Waals surface area contributed by atoms with Gasteiger partial charge in [0.2, 0.25) is 0 Å². The van der Waals surface area contributed by atoms with Gasteiger partial charge in [-0.2, -0.15) is 5.26 Å². The second-order valence-electron chi connectivity index (χ2n) is 3.79. The maximum absolute atomic E-state index is 8.67. The van der Waals surface area contributed by atoms with E-state index in [2.05, 4.69) is 6.07 Å². The fourth-order valence-electron chi connectivity index (χ4n) is 1.50. The van der Waals surface area contributed by atoms with E-state index in [1.165, 1.54) is 0 Å². The molecule has 0 spiro atoms. The molecule has 3 nitrogen and oxygen atoms in total. The third kappa shape index (κ3) is 4.20. The lowest BCUT2D eigenvalue weighted by Crippen LogP contribution is -2.08. The molecule has 0 saturated heterocycles. The van der Waals surface area contributed by atoms with E-state index < -0.39 is 0 Å². The Hall–Kier alpha value is -2.18. The Labute approximate surface area is 117 Å². The highest BCUT2D eigenvalue weighted by atomic mass is 35.5. The topological polar surface area (TPSA) is 42.2 Å². The molecule has 2 aromatic carbocycles. The van der Waals surface area contributed by atoms with Crippen LogP contribution in [0.5, 0.6) is 11.5 Å². The Kier molecular flexibility index (Phi) is 4.66. The summed E-state index contributed by atoms with van der Waals surface area (Å²) >= 11 is 5.84. The third-order valence-electron chi connectivity index (χ3n) is 2.40. The van der Waals surface area contributed by atoms with Crippen LogP contribution in [0, 0.1) is 11.3 Å². The van der Waals surface area contributed by atoms with E-state index in [4.69, 9.17) is 26.3 Å². The fraction of sp³-hybridized carbons (Fsp3) is 0.133. The van der Waals surface area contributed by atoms with Crippen molar-refractivity contribution in [3.05, 3.63) is 59.1 Å². The number of halogens is 1. The first kappa shape index (κ1) is 13.3. The molecule has 0 unspecified atom stereocenters. The number of rotatable bonds is 5. The molecule has 0 N–H and O–H groups in total. The first-order valence-electron chi connectivity index (χ1n) is 5.79. The molecule has 2 rings (SSSR count). The minimum atomic E-state index is 0.429. The highest BCUT2D eigenvalue weighted by Gasteiger charge is 1.97. The summed E-state index contributed by atoms with van der Waals surface area (Å²) in [6, 6.07) is 16.2. The van der Waals surface area contributed by atoms with Crippen LogP contribution in [0.1, 0.15) is 5.56 Å². The predicted octanol–water partition coefficient (Wildman–Crippen LogP) is 3.67. The lowest BCUT2D eigenvalue weighted by atomic mass is 10.2. The van der Waals surface area contributed by atoms with Crippen LogP contribution < -0.4 is 9.47 Å². The molecule has 96 valence electrons. The van der Waals surface area contributed by atoms with Gasteiger partial charge in [-0.25, -0.2) is 0 Å². The molecule has 0 radical (unpaired) electrons. The van der Waals surface area contributed by atoms with Gasteiger partial charge in [-0.3, -0.25) is 0 Å². The predicted molar refractivity (Wildman–Crippen MR) is 73.6 cm³/mol. The van der Waals surface area contributed by atoms with Gasteiger partial charge in [0.05, 0.1) is 11.6 Å². The van der Waals surface area contributed by atoms with Crippen LogP contribution in [-0.4, -0.2) is 13.2 Å². The summed E-state index contributed by atoms with van der Waals surface area (Å²) in [5, 5.41) is 9.31. The summed E-state index contributed by atoms with van der Waals surface area (Å²) in [7, 11) is 0. The molecule has 0 fully saturated rings. The van der Waals surface area contributed by atoms with Crippen molar-refractivity contribution in [2.45, 2.75) is 0 Å². The first-order valence-corrected chi connectivity index (χ1v) is 6.17. The first-order chi connectivity index (χ1) is 9.28. The van der Waals surface area contributed by atoms with Crippen LogP contribution in [0.2, 0.25) is 5.02 Å². The maximum Gasteiger partial charge on any atom is 0.122 e. The zero-order valence-electron chi connectivity index (χ0n) is 10.2. The van der Waals surface area contributed by atoms with Crippen molar-refractivity contribution in [2.24, 2.45) is 0 Å². The second-order valence-corrected chi connectivity index (χ2v) is 4.23. The second kappa shape index (κ2) is 6.67. The van der Waals surface area contributed by atoms with Crippen molar-refractivity contribution in [1.82, 2.24) is 0 Å². The normalized spacial score (nSPS) is 9.68. The van der Waals surface area contributed by atoms with E-state index >= 15 is 0 Å². The van der Waals surface area contributed by atoms with Gasteiger partial charge in [-0.15, -0.1) is 0 Å². The van der Waals surface area contributed by atoms with E-state index in [0.29, 0.717) is 29.5 Å². The van der Waals surface area contributed by atoms with Gasteiger partial charge in [0.1, 0.15) is 24.7 Å². The Morgan fingerprint density at radius 1 is 0.947 bits per heavy atom. The van der Waals surface area contributed by atoms with Crippen molar-refractivity contribution in [1.29, 1.82) is 5.26 Å².